The monoisotopic (exact) mass is 245 g/mol. The zero-order valence-electron chi connectivity index (χ0n) is 11.4. The van der Waals surface area contributed by atoms with Crippen LogP contribution < -0.4 is 0 Å². The highest BCUT2D eigenvalue weighted by atomic mass is 16.1. The number of ketones is 1. The number of Topliss-reactive ketones (excluding diaryl/α,β-unsaturated/α-hetero) is 1. The Morgan fingerprint density at radius 2 is 1.94 bits per heavy atom. The van der Waals surface area contributed by atoms with Gasteiger partial charge in [0.2, 0.25) is 0 Å². The van der Waals surface area contributed by atoms with Crippen molar-refractivity contribution < 1.29 is 4.79 Å². The molecule has 0 bridgehead atoms. The molecule has 1 fully saturated rings. The molecule has 1 atom stereocenters. The molecule has 0 radical (unpaired) electrons. The minimum absolute atomic E-state index is 0.0537. The Bertz CT molecular complexity index is 383. The number of carbonyl (C=O) groups is 1. The number of rotatable bonds is 7. The fourth-order valence-electron chi connectivity index (χ4n) is 2.51. The third kappa shape index (κ3) is 3.20. The summed E-state index contributed by atoms with van der Waals surface area (Å²) in [7, 11) is 0. The summed E-state index contributed by atoms with van der Waals surface area (Å²) in [5.74, 6) is 1.11. The van der Waals surface area contributed by atoms with Crippen LogP contribution in [0, 0.1) is 5.92 Å². The van der Waals surface area contributed by atoms with E-state index in [4.69, 9.17) is 0 Å². The Balaban J connectivity index is 2.08. The Morgan fingerprint density at radius 3 is 2.44 bits per heavy atom. The molecule has 1 aliphatic carbocycles. The van der Waals surface area contributed by atoms with Gasteiger partial charge in [-0.05, 0) is 31.7 Å². The summed E-state index contributed by atoms with van der Waals surface area (Å²) in [6, 6.07) is 9.75. The normalized spacial score (nSPS) is 16.8. The Morgan fingerprint density at radius 1 is 1.28 bits per heavy atom. The average Bonchev–Trinajstić information content (AvgIpc) is 3.23. The molecule has 0 saturated heterocycles. The van der Waals surface area contributed by atoms with E-state index < -0.39 is 0 Å². The van der Waals surface area contributed by atoms with E-state index in [0.29, 0.717) is 0 Å². The Hall–Kier alpha value is -1.15. The van der Waals surface area contributed by atoms with E-state index in [1.807, 2.05) is 30.3 Å². The second-order valence-electron chi connectivity index (χ2n) is 5.19. The molecule has 0 amide bonds. The smallest absolute Gasteiger partial charge is 0.179 e. The third-order valence-corrected chi connectivity index (χ3v) is 3.78. The molecule has 2 nitrogen and oxygen atoms in total. The van der Waals surface area contributed by atoms with Crippen molar-refractivity contribution in [1.29, 1.82) is 0 Å². The van der Waals surface area contributed by atoms with Crippen LogP contribution in [-0.4, -0.2) is 29.8 Å². The molecule has 0 aliphatic heterocycles. The van der Waals surface area contributed by atoms with E-state index in [1.165, 1.54) is 12.8 Å². The number of benzene rings is 1. The molecule has 18 heavy (non-hydrogen) atoms. The van der Waals surface area contributed by atoms with Gasteiger partial charge in [0.15, 0.2) is 5.78 Å². The molecule has 98 valence electrons. The lowest BCUT2D eigenvalue weighted by Crippen LogP contribution is -2.42. The van der Waals surface area contributed by atoms with E-state index in [-0.39, 0.29) is 11.8 Å². The molecular formula is C16H23NO. The quantitative estimate of drug-likeness (QED) is 0.686. The number of likely N-dealkylation sites (N-methyl/N-ethyl adjacent to an activating group) is 1. The van der Waals surface area contributed by atoms with Gasteiger partial charge in [0.1, 0.15) is 0 Å². The average molecular weight is 245 g/mol. The van der Waals surface area contributed by atoms with E-state index in [9.17, 15) is 4.79 Å². The number of hydrogen-bond donors (Lipinski definition) is 0. The van der Waals surface area contributed by atoms with Crippen molar-refractivity contribution in [2.75, 3.05) is 13.1 Å². The van der Waals surface area contributed by atoms with Gasteiger partial charge in [-0.1, -0.05) is 44.2 Å². The maximum atomic E-state index is 12.5. The van der Waals surface area contributed by atoms with Crippen LogP contribution in [0.4, 0.5) is 0 Å². The molecule has 0 heterocycles. The van der Waals surface area contributed by atoms with Gasteiger partial charge >= 0.3 is 0 Å². The summed E-state index contributed by atoms with van der Waals surface area (Å²) in [4.78, 5) is 14.9. The van der Waals surface area contributed by atoms with Gasteiger partial charge in [-0.2, -0.15) is 0 Å². The lowest BCUT2D eigenvalue weighted by Gasteiger charge is -2.29. The largest absolute Gasteiger partial charge is 0.293 e. The van der Waals surface area contributed by atoms with Crippen LogP contribution in [0.25, 0.3) is 0 Å². The van der Waals surface area contributed by atoms with Crippen LogP contribution >= 0.6 is 0 Å². The molecule has 1 aromatic carbocycles. The molecule has 1 aliphatic rings. The summed E-state index contributed by atoms with van der Waals surface area (Å²) in [6.07, 6.45) is 3.58. The second kappa shape index (κ2) is 6.14. The second-order valence-corrected chi connectivity index (χ2v) is 5.19. The molecule has 0 aromatic heterocycles. The van der Waals surface area contributed by atoms with Crippen molar-refractivity contribution in [3.63, 3.8) is 0 Å². The van der Waals surface area contributed by atoms with Crippen LogP contribution in [0.15, 0.2) is 30.3 Å². The van der Waals surface area contributed by atoms with Gasteiger partial charge in [0, 0.05) is 12.1 Å². The maximum absolute atomic E-state index is 12.5. The van der Waals surface area contributed by atoms with E-state index in [0.717, 1.165) is 31.0 Å². The van der Waals surface area contributed by atoms with Crippen molar-refractivity contribution in [2.24, 2.45) is 5.92 Å². The van der Waals surface area contributed by atoms with E-state index >= 15 is 0 Å². The Kier molecular flexibility index (Phi) is 4.54. The fraction of sp³-hybridized carbons (Fsp3) is 0.562. The highest BCUT2D eigenvalue weighted by Crippen LogP contribution is 2.30. The molecule has 1 aromatic rings. The number of nitrogens with zero attached hydrogens (tertiary/aromatic N) is 1. The molecule has 1 unspecified atom stereocenters. The van der Waals surface area contributed by atoms with Gasteiger partial charge in [-0.3, -0.25) is 9.69 Å². The topological polar surface area (TPSA) is 20.3 Å². The van der Waals surface area contributed by atoms with Crippen molar-refractivity contribution in [3.8, 4) is 0 Å². The summed E-state index contributed by atoms with van der Waals surface area (Å²) in [6.45, 7) is 6.32. The number of carbonyl (C=O) groups excluding carboxylic acids is 1. The van der Waals surface area contributed by atoms with E-state index in [1.54, 1.807) is 0 Å². The first-order chi connectivity index (χ1) is 8.76. The first kappa shape index (κ1) is 13.3. The molecule has 0 spiro atoms. The van der Waals surface area contributed by atoms with Crippen molar-refractivity contribution >= 4 is 5.78 Å². The zero-order valence-corrected chi connectivity index (χ0v) is 11.4. The Labute approximate surface area is 110 Å². The van der Waals surface area contributed by atoms with Crippen LogP contribution in [0.3, 0.4) is 0 Å². The van der Waals surface area contributed by atoms with Crippen LogP contribution in [0.2, 0.25) is 0 Å². The van der Waals surface area contributed by atoms with Crippen LogP contribution in [0.5, 0.6) is 0 Å². The molecule has 1 saturated carbocycles. The van der Waals surface area contributed by atoms with Gasteiger partial charge < -0.3 is 0 Å². The predicted octanol–water partition coefficient (Wildman–Crippen LogP) is 3.38. The predicted molar refractivity (Wildman–Crippen MR) is 74.8 cm³/mol. The van der Waals surface area contributed by atoms with E-state index in [2.05, 4.69) is 18.7 Å². The summed E-state index contributed by atoms with van der Waals surface area (Å²) >= 11 is 0. The van der Waals surface area contributed by atoms with Crippen molar-refractivity contribution in [2.45, 2.75) is 39.2 Å². The molecule has 0 N–H and O–H groups in total. The first-order valence-corrected chi connectivity index (χ1v) is 7.09. The highest BCUT2D eigenvalue weighted by Gasteiger charge is 2.30. The summed E-state index contributed by atoms with van der Waals surface area (Å²) in [5, 5.41) is 0. The van der Waals surface area contributed by atoms with Gasteiger partial charge in [-0.15, -0.1) is 0 Å². The first-order valence-electron chi connectivity index (χ1n) is 7.09. The van der Waals surface area contributed by atoms with Gasteiger partial charge in [-0.25, -0.2) is 0 Å². The van der Waals surface area contributed by atoms with Crippen LogP contribution in [0.1, 0.15) is 43.5 Å². The summed E-state index contributed by atoms with van der Waals surface area (Å²) < 4.78 is 0. The number of hydrogen-bond acceptors (Lipinski definition) is 2. The van der Waals surface area contributed by atoms with Crippen LogP contribution in [-0.2, 0) is 0 Å². The molecule has 2 heteroatoms. The zero-order chi connectivity index (χ0) is 13.0. The fourth-order valence-corrected chi connectivity index (χ4v) is 2.51. The minimum Gasteiger partial charge on any atom is -0.293 e. The van der Waals surface area contributed by atoms with Crippen molar-refractivity contribution in [3.05, 3.63) is 35.9 Å². The van der Waals surface area contributed by atoms with Gasteiger partial charge in [0.05, 0.1) is 6.04 Å². The standard InChI is InChI=1S/C16H23NO/c1-3-15(17(4-2)12-13-10-11-13)16(18)14-8-6-5-7-9-14/h5-9,13,15H,3-4,10-12H2,1-2H3. The third-order valence-electron chi connectivity index (χ3n) is 3.78. The van der Waals surface area contributed by atoms with Gasteiger partial charge in [0.25, 0.3) is 0 Å². The molecular weight excluding hydrogens is 222 g/mol. The lowest BCUT2D eigenvalue weighted by molar-refractivity contribution is 0.0811. The SMILES string of the molecule is CCC(C(=O)c1ccccc1)N(CC)CC1CC1. The van der Waals surface area contributed by atoms with Crippen molar-refractivity contribution in [1.82, 2.24) is 4.90 Å². The lowest BCUT2D eigenvalue weighted by atomic mass is 10.0. The molecule has 2 rings (SSSR count). The minimum atomic E-state index is 0.0537. The highest BCUT2D eigenvalue weighted by molar-refractivity contribution is 6.00. The summed E-state index contributed by atoms with van der Waals surface area (Å²) in [5.41, 5.74) is 0.846. The maximum Gasteiger partial charge on any atom is 0.179 e.